The van der Waals surface area contributed by atoms with Crippen molar-refractivity contribution in [2.45, 2.75) is 23.8 Å². The average Bonchev–Trinajstić information content (AvgIpc) is 3.14. The Morgan fingerprint density at radius 1 is 1.35 bits per heavy atom. The molecular formula is C16H22N2O7S. The van der Waals surface area contributed by atoms with Crippen LogP contribution in [-0.2, 0) is 29.1 Å². The van der Waals surface area contributed by atoms with Crippen molar-refractivity contribution in [2.75, 3.05) is 39.7 Å². The molecule has 1 aromatic carbocycles. The lowest BCUT2D eigenvalue weighted by Crippen LogP contribution is -2.27. The van der Waals surface area contributed by atoms with Crippen LogP contribution in [0, 0.1) is 0 Å². The van der Waals surface area contributed by atoms with Crippen molar-refractivity contribution in [3.05, 3.63) is 18.2 Å². The smallest absolute Gasteiger partial charge is 0.335 e. The van der Waals surface area contributed by atoms with Crippen molar-refractivity contribution in [2.24, 2.45) is 0 Å². The molecule has 144 valence electrons. The van der Waals surface area contributed by atoms with Crippen molar-refractivity contribution in [1.82, 2.24) is 4.31 Å². The Balaban J connectivity index is 2.07. The Bertz CT molecular complexity index is 771. The van der Waals surface area contributed by atoms with Crippen LogP contribution >= 0.6 is 0 Å². The maximum absolute atomic E-state index is 12.2. The lowest BCUT2D eigenvalue weighted by Gasteiger charge is -2.15. The summed E-state index contributed by atoms with van der Waals surface area (Å²) in [5, 5.41) is 2.49. The number of carbonyl (C=O) groups is 2. The summed E-state index contributed by atoms with van der Waals surface area (Å²) in [6, 6.07) is 4.10. The number of sulfonamides is 1. The fourth-order valence-corrected chi connectivity index (χ4v) is 3.26. The Kier molecular flexibility index (Phi) is 6.57. The van der Waals surface area contributed by atoms with Crippen LogP contribution in [0.4, 0.5) is 5.69 Å². The largest absolute Gasteiger partial charge is 0.495 e. The van der Waals surface area contributed by atoms with Crippen LogP contribution < -0.4 is 10.1 Å². The number of benzene rings is 1. The number of methoxy groups -OCH3 is 1. The zero-order chi connectivity index (χ0) is 19.3. The predicted octanol–water partition coefficient (Wildman–Crippen LogP) is 0.606. The van der Waals surface area contributed by atoms with E-state index in [1.165, 1.54) is 39.4 Å². The summed E-state index contributed by atoms with van der Waals surface area (Å²) in [4.78, 5) is 23.8. The minimum absolute atomic E-state index is 0.00468. The molecule has 0 unspecified atom stereocenters. The lowest BCUT2D eigenvalue weighted by molar-refractivity contribution is -0.156. The summed E-state index contributed by atoms with van der Waals surface area (Å²) in [5.74, 6) is -0.927. The van der Waals surface area contributed by atoms with Gasteiger partial charge < -0.3 is 19.5 Å². The quantitative estimate of drug-likeness (QED) is 0.683. The van der Waals surface area contributed by atoms with Gasteiger partial charge in [0.2, 0.25) is 10.0 Å². The first kappa shape index (κ1) is 20.1. The number of nitrogens with one attached hydrogen (secondary N) is 1. The molecule has 1 saturated heterocycles. The standard InChI is InChI=1S/C16H22N2O7S/c1-18(2)26(21,22)11-6-7-13(23-3)12(9-11)17-15(19)10-25-16(20)14-5-4-8-24-14/h6-7,9,14H,4-5,8,10H2,1-3H3,(H,17,19)/t14-/m0/s1. The molecule has 1 fully saturated rings. The van der Waals surface area contributed by atoms with Crippen LogP contribution in [0.2, 0.25) is 0 Å². The molecule has 26 heavy (non-hydrogen) atoms. The van der Waals surface area contributed by atoms with Crippen LogP contribution in [0.5, 0.6) is 5.75 Å². The summed E-state index contributed by atoms with van der Waals surface area (Å²) < 4.78 is 40.7. The van der Waals surface area contributed by atoms with Gasteiger partial charge in [0.25, 0.3) is 5.91 Å². The molecule has 0 saturated carbocycles. The predicted molar refractivity (Wildman–Crippen MR) is 92.4 cm³/mol. The van der Waals surface area contributed by atoms with Gasteiger partial charge in [-0.15, -0.1) is 0 Å². The molecule has 1 aliphatic heterocycles. The molecule has 1 aliphatic rings. The van der Waals surface area contributed by atoms with Gasteiger partial charge in [0.15, 0.2) is 12.7 Å². The van der Waals surface area contributed by atoms with Gasteiger partial charge in [-0.05, 0) is 31.0 Å². The number of hydrogen-bond donors (Lipinski definition) is 1. The number of amides is 1. The van der Waals surface area contributed by atoms with Gasteiger partial charge in [0.1, 0.15) is 5.75 Å². The van der Waals surface area contributed by atoms with E-state index >= 15 is 0 Å². The van der Waals surface area contributed by atoms with Gasteiger partial charge >= 0.3 is 5.97 Å². The van der Waals surface area contributed by atoms with Crippen molar-refractivity contribution >= 4 is 27.6 Å². The van der Waals surface area contributed by atoms with Crippen LogP contribution in [0.15, 0.2) is 23.1 Å². The van der Waals surface area contributed by atoms with E-state index in [4.69, 9.17) is 14.2 Å². The molecule has 0 aliphatic carbocycles. The fourth-order valence-electron chi connectivity index (χ4n) is 2.34. The molecule has 0 spiro atoms. The third kappa shape index (κ3) is 4.71. The first-order valence-corrected chi connectivity index (χ1v) is 9.38. The molecule has 1 aromatic rings. The molecule has 1 atom stereocenters. The van der Waals surface area contributed by atoms with E-state index in [1.807, 2.05) is 0 Å². The number of ether oxygens (including phenoxy) is 3. The van der Waals surface area contributed by atoms with Crippen molar-refractivity contribution in [3.8, 4) is 5.75 Å². The SMILES string of the molecule is COc1ccc(S(=O)(=O)N(C)C)cc1NC(=O)COC(=O)[C@@H]1CCCO1. The van der Waals surface area contributed by atoms with E-state index < -0.39 is 34.6 Å². The van der Waals surface area contributed by atoms with Crippen molar-refractivity contribution < 1.29 is 32.2 Å². The molecule has 10 heteroatoms. The molecule has 0 aromatic heterocycles. The van der Waals surface area contributed by atoms with E-state index in [1.54, 1.807) is 0 Å². The van der Waals surface area contributed by atoms with E-state index in [0.29, 0.717) is 13.0 Å². The second kappa shape index (κ2) is 8.47. The molecule has 0 bridgehead atoms. The lowest BCUT2D eigenvalue weighted by atomic mass is 10.2. The minimum Gasteiger partial charge on any atom is -0.495 e. The van der Waals surface area contributed by atoms with Crippen LogP contribution in [0.3, 0.4) is 0 Å². The highest BCUT2D eigenvalue weighted by Gasteiger charge is 2.26. The highest BCUT2D eigenvalue weighted by molar-refractivity contribution is 7.89. The molecular weight excluding hydrogens is 364 g/mol. The first-order chi connectivity index (χ1) is 12.3. The Hall–Kier alpha value is -2.17. The first-order valence-electron chi connectivity index (χ1n) is 7.94. The number of nitrogens with zero attached hydrogens (tertiary/aromatic N) is 1. The third-order valence-corrected chi connectivity index (χ3v) is 5.57. The molecule has 1 heterocycles. The molecule has 0 radical (unpaired) electrons. The van der Waals surface area contributed by atoms with Crippen LogP contribution in [0.1, 0.15) is 12.8 Å². The number of rotatable bonds is 7. The van der Waals surface area contributed by atoms with E-state index in [2.05, 4.69) is 5.32 Å². The highest BCUT2D eigenvalue weighted by Crippen LogP contribution is 2.28. The second-order valence-electron chi connectivity index (χ2n) is 5.81. The monoisotopic (exact) mass is 386 g/mol. The zero-order valence-electron chi connectivity index (χ0n) is 14.9. The highest BCUT2D eigenvalue weighted by atomic mass is 32.2. The van der Waals surface area contributed by atoms with Crippen LogP contribution in [0.25, 0.3) is 0 Å². The molecule has 1 N–H and O–H groups in total. The van der Waals surface area contributed by atoms with Crippen LogP contribution in [-0.4, -0.2) is 65.1 Å². The van der Waals surface area contributed by atoms with E-state index in [9.17, 15) is 18.0 Å². The maximum Gasteiger partial charge on any atom is 0.335 e. The maximum atomic E-state index is 12.2. The van der Waals surface area contributed by atoms with Crippen molar-refractivity contribution in [1.29, 1.82) is 0 Å². The normalized spacial score (nSPS) is 17.2. The number of anilines is 1. The Morgan fingerprint density at radius 3 is 2.65 bits per heavy atom. The topological polar surface area (TPSA) is 111 Å². The second-order valence-corrected chi connectivity index (χ2v) is 7.96. The van der Waals surface area contributed by atoms with E-state index in [0.717, 1.165) is 10.7 Å². The Labute approximate surface area is 152 Å². The Morgan fingerprint density at radius 2 is 2.08 bits per heavy atom. The van der Waals surface area contributed by atoms with E-state index in [-0.39, 0.29) is 16.3 Å². The van der Waals surface area contributed by atoms with Gasteiger partial charge in [-0.2, -0.15) is 0 Å². The summed E-state index contributed by atoms with van der Waals surface area (Å²) in [6.45, 7) is -0.0111. The van der Waals surface area contributed by atoms with Crippen molar-refractivity contribution in [3.63, 3.8) is 0 Å². The van der Waals surface area contributed by atoms with Gasteiger partial charge in [0, 0.05) is 20.7 Å². The van der Waals surface area contributed by atoms with Gasteiger partial charge in [-0.1, -0.05) is 0 Å². The fraction of sp³-hybridized carbons (Fsp3) is 0.500. The number of carbonyl (C=O) groups excluding carboxylic acids is 2. The molecule has 9 nitrogen and oxygen atoms in total. The summed E-state index contributed by atoms with van der Waals surface area (Å²) >= 11 is 0. The van der Waals surface area contributed by atoms with Gasteiger partial charge in [0.05, 0.1) is 17.7 Å². The molecule has 1 amide bonds. The van der Waals surface area contributed by atoms with Gasteiger partial charge in [-0.25, -0.2) is 17.5 Å². The summed E-state index contributed by atoms with van der Waals surface area (Å²) in [7, 11) is 0.529. The molecule has 2 rings (SSSR count). The zero-order valence-corrected chi connectivity index (χ0v) is 15.7. The number of hydrogen-bond acceptors (Lipinski definition) is 7. The minimum atomic E-state index is -3.67. The van der Waals surface area contributed by atoms with Gasteiger partial charge in [-0.3, -0.25) is 4.79 Å². The number of esters is 1. The summed E-state index contributed by atoms with van der Waals surface area (Å²) in [5.41, 5.74) is 0.161. The third-order valence-electron chi connectivity index (χ3n) is 3.76. The summed E-state index contributed by atoms with van der Waals surface area (Å²) in [6.07, 6.45) is 0.709. The average molecular weight is 386 g/mol.